The first-order valence-electron chi connectivity index (χ1n) is 10.4. The van der Waals surface area contributed by atoms with Gasteiger partial charge in [0.05, 0.1) is 0 Å². The maximum Gasteiger partial charge on any atom is 0.293 e. The SMILES string of the molecule is CCNC(=NCC(C)c1ccc(C)cc1)N1CCN(c2nccn(C)c2=O)CC1. The molecule has 3 rings (SSSR count). The molecule has 0 bridgehead atoms. The number of hydrogen-bond acceptors (Lipinski definition) is 4. The molecule has 0 spiro atoms. The van der Waals surface area contributed by atoms with Gasteiger partial charge in [0.2, 0.25) is 0 Å². The van der Waals surface area contributed by atoms with Gasteiger partial charge in [-0.05, 0) is 19.4 Å². The second-order valence-electron chi connectivity index (χ2n) is 7.65. The summed E-state index contributed by atoms with van der Waals surface area (Å²) in [6.07, 6.45) is 3.37. The lowest BCUT2D eigenvalue weighted by Gasteiger charge is -2.36. The zero-order valence-electron chi connectivity index (χ0n) is 17.9. The van der Waals surface area contributed by atoms with E-state index < -0.39 is 0 Å². The van der Waals surface area contributed by atoms with Crippen LogP contribution in [0, 0.1) is 6.92 Å². The summed E-state index contributed by atoms with van der Waals surface area (Å²) in [5.41, 5.74) is 2.54. The van der Waals surface area contributed by atoms with Crippen molar-refractivity contribution >= 4 is 11.8 Å². The summed E-state index contributed by atoms with van der Waals surface area (Å²) in [6.45, 7) is 11.1. The van der Waals surface area contributed by atoms with Crippen LogP contribution in [-0.4, -0.2) is 59.7 Å². The second kappa shape index (κ2) is 9.58. The van der Waals surface area contributed by atoms with Crippen LogP contribution in [0.3, 0.4) is 0 Å². The Morgan fingerprint density at radius 3 is 2.55 bits per heavy atom. The van der Waals surface area contributed by atoms with Crippen LogP contribution in [0.5, 0.6) is 0 Å². The summed E-state index contributed by atoms with van der Waals surface area (Å²) in [5, 5.41) is 3.42. The van der Waals surface area contributed by atoms with E-state index in [0.717, 1.165) is 45.2 Å². The lowest BCUT2D eigenvalue weighted by molar-refractivity contribution is 0.370. The minimum Gasteiger partial charge on any atom is -0.357 e. The summed E-state index contributed by atoms with van der Waals surface area (Å²) < 4.78 is 1.58. The van der Waals surface area contributed by atoms with Gasteiger partial charge >= 0.3 is 0 Å². The third-order valence-corrected chi connectivity index (χ3v) is 5.37. The number of nitrogens with zero attached hydrogens (tertiary/aromatic N) is 5. The van der Waals surface area contributed by atoms with Crippen LogP contribution in [0.1, 0.15) is 30.9 Å². The molecule has 0 radical (unpaired) electrons. The number of guanidine groups is 1. The van der Waals surface area contributed by atoms with Gasteiger partial charge < -0.3 is 19.7 Å². The van der Waals surface area contributed by atoms with Gasteiger partial charge in [0.1, 0.15) is 0 Å². The van der Waals surface area contributed by atoms with Crippen molar-refractivity contribution in [2.24, 2.45) is 12.0 Å². The quantitative estimate of drug-likeness (QED) is 0.618. The largest absolute Gasteiger partial charge is 0.357 e. The zero-order valence-corrected chi connectivity index (χ0v) is 17.9. The summed E-state index contributed by atoms with van der Waals surface area (Å²) in [6, 6.07) is 8.69. The van der Waals surface area contributed by atoms with Crippen LogP contribution < -0.4 is 15.8 Å². The van der Waals surface area contributed by atoms with Gasteiger partial charge in [-0.3, -0.25) is 9.79 Å². The molecule has 1 N–H and O–H groups in total. The molecule has 156 valence electrons. The highest BCUT2D eigenvalue weighted by molar-refractivity contribution is 5.80. The average molecular weight is 397 g/mol. The van der Waals surface area contributed by atoms with E-state index in [4.69, 9.17) is 4.99 Å². The maximum atomic E-state index is 12.3. The van der Waals surface area contributed by atoms with Crippen LogP contribution in [-0.2, 0) is 7.05 Å². The monoisotopic (exact) mass is 396 g/mol. The number of aromatic nitrogens is 2. The van der Waals surface area contributed by atoms with Crippen molar-refractivity contribution in [3.8, 4) is 0 Å². The topological polar surface area (TPSA) is 65.8 Å². The first-order valence-corrected chi connectivity index (χ1v) is 10.4. The first kappa shape index (κ1) is 20.9. The van der Waals surface area contributed by atoms with Gasteiger partial charge in [-0.25, -0.2) is 4.98 Å². The number of piperazine rings is 1. The Kier molecular flexibility index (Phi) is 6.90. The molecule has 1 aromatic heterocycles. The van der Waals surface area contributed by atoms with E-state index in [0.29, 0.717) is 11.7 Å². The van der Waals surface area contributed by atoms with E-state index in [1.54, 1.807) is 24.0 Å². The second-order valence-corrected chi connectivity index (χ2v) is 7.65. The predicted molar refractivity (Wildman–Crippen MR) is 119 cm³/mol. The average Bonchev–Trinajstić information content (AvgIpc) is 2.73. The molecular formula is C22H32N6O. The molecule has 2 aromatic rings. The lowest BCUT2D eigenvalue weighted by Crippen LogP contribution is -2.53. The summed E-state index contributed by atoms with van der Waals surface area (Å²) in [7, 11) is 1.76. The molecule has 0 aliphatic carbocycles. The molecule has 1 unspecified atom stereocenters. The van der Waals surface area contributed by atoms with E-state index in [1.807, 2.05) is 0 Å². The molecular weight excluding hydrogens is 364 g/mol. The molecule has 0 amide bonds. The number of hydrogen-bond donors (Lipinski definition) is 1. The predicted octanol–water partition coefficient (Wildman–Crippen LogP) is 1.98. The summed E-state index contributed by atoms with van der Waals surface area (Å²) >= 11 is 0. The molecule has 1 saturated heterocycles. The van der Waals surface area contributed by atoms with Crippen molar-refractivity contribution in [1.29, 1.82) is 0 Å². The van der Waals surface area contributed by atoms with Gasteiger partial charge in [0, 0.05) is 64.6 Å². The Labute approximate surface area is 173 Å². The molecule has 1 aromatic carbocycles. The van der Waals surface area contributed by atoms with Gasteiger partial charge in [0.25, 0.3) is 5.56 Å². The molecule has 7 heteroatoms. The van der Waals surface area contributed by atoms with Crippen LogP contribution in [0.15, 0.2) is 46.4 Å². The van der Waals surface area contributed by atoms with Crippen molar-refractivity contribution in [3.05, 3.63) is 58.1 Å². The Hall–Kier alpha value is -2.83. The van der Waals surface area contributed by atoms with E-state index >= 15 is 0 Å². The molecule has 29 heavy (non-hydrogen) atoms. The number of aliphatic imine (C=N–C) groups is 1. The van der Waals surface area contributed by atoms with Gasteiger partial charge in [-0.2, -0.15) is 0 Å². The number of anilines is 1. The number of benzene rings is 1. The van der Waals surface area contributed by atoms with Gasteiger partial charge in [-0.15, -0.1) is 0 Å². The standard InChI is InChI=1S/C22H32N6O/c1-5-23-22(25-16-18(3)19-8-6-17(2)7-9-19)28-14-12-27(13-15-28)20-21(29)26(4)11-10-24-20/h6-11,18H,5,12-16H2,1-4H3,(H,23,25). The fraction of sp³-hybridized carbons (Fsp3) is 0.500. The summed E-state index contributed by atoms with van der Waals surface area (Å²) in [5.74, 6) is 1.84. The fourth-order valence-electron chi connectivity index (χ4n) is 3.48. The van der Waals surface area contributed by atoms with Crippen molar-refractivity contribution in [2.75, 3.05) is 44.2 Å². The Bertz CT molecular complexity index is 881. The van der Waals surface area contributed by atoms with Gasteiger partial charge in [-0.1, -0.05) is 36.8 Å². The van der Waals surface area contributed by atoms with E-state index in [1.165, 1.54) is 11.1 Å². The molecule has 1 aliphatic heterocycles. The molecule has 1 atom stereocenters. The lowest BCUT2D eigenvalue weighted by atomic mass is 10.0. The molecule has 0 saturated carbocycles. The molecule has 1 fully saturated rings. The molecule has 7 nitrogen and oxygen atoms in total. The minimum absolute atomic E-state index is 0.0477. The van der Waals surface area contributed by atoms with Crippen molar-refractivity contribution < 1.29 is 0 Å². The highest BCUT2D eigenvalue weighted by atomic mass is 16.1. The maximum absolute atomic E-state index is 12.3. The third kappa shape index (κ3) is 5.16. The third-order valence-electron chi connectivity index (χ3n) is 5.37. The van der Waals surface area contributed by atoms with Crippen LogP contribution in [0.4, 0.5) is 5.82 Å². The Morgan fingerprint density at radius 2 is 1.90 bits per heavy atom. The number of rotatable bonds is 5. The van der Waals surface area contributed by atoms with Crippen LogP contribution in [0.25, 0.3) is 0 Å². The smallest absolute Gasteiger partial charge is 0.293 e. The Morgan fingerprint density at radius 1 is 1.21 bits per heavy atom. The van der Waals surface area contributed by atoms with Crippen molar-refractivity contribution in [1.82, 2.24) is 19.8 Å². The van der Waals surface area contributed by atoms with Gasteiger partial charge in [0.15, 0.2) is 11.8 Å². The minimum atomic E-state index is -0.0477. The number of nitrogens with one attached hydrogen (secondary N) is 1. The van der Waals surface area contributed by atoms with E-state index in [-0.39, 0.29) is 5.56 Å². The fourth-order valence-corrected chi connectivity index (χ4v) is 3.48. The van der Waals surface area contributed by atoms with E-state index in [2.05, 4.69) is 65.1 Å². The highest BCUT2D eigenvalue weighted by Crippen LogP contribution is 2.16. The van der Waals surface area contributed by atoms with Crippen molar-refractivity contribution in [2.45, 2.75) is 26.7 Å². The number of aryl methyl sites for hydroxylation is 2. The first-order chi connectivity index (χ1) is 14.0. The van der Waals surface area contributed by atoms with Crippen molar-refractivity contribution in [3.63, 3.8) is 0 Å². The highest BCUT2D eigenvalue weighted by Gasteiger charge is 2.22. The normalized spacial score (nSPS) is 16.1. The summed E-state index contributed by atoms with van der Waals surface area (Å²) in [4.78, 5) is 25.9. The molecule has 1 aliphatic rings. The van der Waals surface area contributed by atoms with Crippen LogP contribution >= 0.6 is 0 Å². The zero-order chi connectivity index (χ0) is 20.8. The molecule has 2 heterocycles. The Balaban J connectivity index is 1.64. The van der Waals surface area contributed by atoms with Crippen LogP contribution in [0.2, 0.25) is 0 Å². The van der Waals surface area contributed by atoms with E-state index in [9.17, 15) is 4.79 Å².